The minimum atomic E-state index is 0. The number of nitrogens with zero attached hydrogens (tertiary/aromatic N) is 4. The van der Waals surface area contributed by atoms with Gasteiger partial charge in [-0.3, -0.25) is 9.98 Å². The van der Waals surface area contributed by atoms with Crippen LogP contribution in [-0.4, -0.2) is 36.9 Å². The molecule has 10 nitrogen and oxygen atoms in total. The first-order valence-corrected chi connectivity index (χ1v) is 11.4. The molecule has 0 fully saturated rings. The summed E-state index contributed by atoms with van der Waals surface area (Å²) in [7, 11) is 0. The van der Waals surface area contributed by atoms with Crippen LogP contribution < -0.4 is 58.4 Å². The van der Waals surface area contributed by atoms with Crippen LogP contribution in [0.25, 0.3) is 0 Å². The molecule has 0 aliphatic heterocycles. The second-order valence-corrected chi connectivity index (χ2v) is 8.02. The summed E-state index contributed by atoms with van der Waals surface area (Å²) in [6.07, 6.45) is 3.68. The first-order valence-electron chi connectivity index (χ1n) is 10.6. The van der Waals surface area contributed by atoms with Gasteiger partial charge in [-0.2, -0.15) is 9.98 Å². The van der Waals surface area contributed by atoms with Gasteiger partial charge in [-0.15, -0.1) is 0 Å². The third-order valence-electron chi connectivity index (χ3n) is 4.32. The van der Waals surface area contributed by atoms with E-state index in [4.69, 9.17) is 46.1 Å². The Morgan fingerprint density at radius 3 is 1.25 bits per heavy atom. The highest BCUT2D eigenvalue weighted by molar-refractivity contribution is 6.31. The molecule has 2 aromatic carbocycles. The monoisotopic (exact) mass is 574 g/mol. The highest BCUT2D eigenvalue weighted by Crippen LogP contribution is 2.13. The summed E-state index contributed by atoms with van der Waals surface area (Å²) in [5.74, 6) is 0.564. The maximum Gasteiger partial charge on any atom is 0.218 e. The molecule has 0 aliphatic rings. The number of rotatable bonds is 9. The zero-order valence-corrected chi connectivity index (χ0v) is 22.5. The summed E-state index contributed by atoms with van der Waals surface area (Å²) >= 11 is 11.7. The number of nitrogens with one attached hydrogen (secondary N) is 2. The van der Waals surface area contributed by atoms with Gasteiger partial charge in [-0.1, -0.05) is 36.0 Å². The Bertz CT molecular complexity index is 939. The van der Waals surface area contributed by atoms with Crippen molar-refractivity contribution in [3.8, 4) is 0 Å². The Balaban J connectivity index is 0.00000612. The number of aliphatic imine (C=N–C) groups is 4. The molecule has 36 heavy (non-hydrogen) atoms. The standard InChI is InChI=1S/C22H30Cl2N10.2ClH/c23-15-5-9-17(10-6-15)31-21(27)33-19(25)29-13-3-1-2-4-14-30-20(26)34-22(28)32-18-11-7-16(24)8-12-18;;/h5-12H,1-4,13-14H2,(H5,25,27,29,31,33)(H5,26,28,30,32,34);2*1H/p-2. The number of benzene rings is 2. The molecular formula is C22H30Cl4N10-2. The number of halogens is 4. The fourth-order valence-corrected chi connectivity index (χ4v) is 2.95. The predicted octanol–water partition coefficient (Wildman–Crippen LogP) is -2.66. The molecule has 0 saturated carbocycles. The summed E-state index contributed by atoms with van der Waals surface area (Å²) in [6.45, 7) is 1.12. The van der Waals surface area contributed by atoms with Crippen molar-refractivity contribution < 1.29 is 24.8 Å². The van der Waals surface area contributed by atoms with E-state index in [1.54, 1.807) is 48.5 Å². The van der Waals surface area contributed by atoms with Crippen molar-refractivity contribution in [2.45, 2.75) is 25.7 Å². The van der Waals surface area contributed by atoms with Crippen LogP contribution in [0.5, 0.6) is 0 Å². The third kappa shape index (κ3) is 14.5. The number of unbranched alkanes of at least 4 members (excludes halogenated alkanes) is 3. The van der Waals surface area contributed by atoms with Gasteiger partial charge in [0.1, 0.15) is 0 Å². The molecule has 0 aromatic heterocycles. The number of anilines is 2. The van der Waals surface area contributed by atoms with Crippen molar-refractivity contribution in [1.82, 2.24) is 0 Å². The number of guanidine groups is 4. The molecule has 2 rings (SSSR count). The average Bonchev–Trinajstić information content (AvgIpc) is 2.78. The van der Waals surface area contributed by atoms with Crippen LogP contribution in [-0.2, 0) is 0 Å². The summed E-state index contributed by atoms with van der Waals surface area (Å²) in [6, 6.07) is 14.1. The van der Waals surface area contributed by atoms with Crippen molar-refractivity contribution in [2.24, 2.45) is 42.9 Å². The van der Waals surface area contributed by atoms with Crippen LogP contribution in [0, 0.1) is 0 Å². The first kappa shape index (κ1) is 33.1. The van der Waals surface area contributed by atoms with Gasteiger partial charge in [-0.05, 0) is 61.4 Å². The second kappa shape index (κ2) is 18.4. The Labute approximate surface area is 233 Å². The van der Waals surface area contributed by atoms with Gasteiger partial charge in [0.05, 0.1) is 0 Å². The Morgan fingerprint density at radius 1 is 0.583 bits per heavy atom. The molecule has 14 heteroatoms. The van der Waals surface area contributed by atoms with Gasteiger partial charge >= 0.3 is 0 Å². The van der Waals surface area contributed by atoms with E-state index in [-0.39, 0.29) is 48.7 Å². The number of hydrogen-bond donors (Lipinski definition) is 6. The first-order chi connectivity index (χ1) is 16.3. The van der Waals surface area contributed by atoms with E-state index in [9.17, 15) is 0 Å². The lowest BCUT2D eigenvalue weighted by molar-refractivity contribution is -0.00100. The van der Waals surface area contributed by atoms with E-state index in [1.807, 2.05) is 0 Å². The topological polar surface area (TPSA) is 178 Å². The highest BCUT2D eigenvalue weighted by atomic mass is 35.5. The zero-order chi connectivity index (χ0) is 24.8. The van der Waals surface area contributed by atoms with Crippen LogP contribution in [0.15, 0.2) is 68.5 Å². The molecule has 0 heterocycles. The van der Waals surface area contributed by atoms with E-state index in [2.05, 4.69) is 30.6 Å². The zero-order valence-electron chi connectivity index (χ0n) is 19.5. The van der Waals surface area contributed by atoms with Crippen molar-refractivity contribution in [3.63, 3.8) is 0 Å². The average molecular weight is 576 g/mol. The molecule has 0 aliphatic carbocycles. The molecule has 0 spiro atoms. The smallest absolute Gasteiger partial charge is 0.218 e. The fourth-order valence-electron chi connectivity index (χ4n) is 2.70. The molecule has 0 saturated heterocycles. The van der Waals surface area contributed by atoms with Crippen LogP contribution in [0.3, 0.4) is 0 Å². The highest BCUT2D eigenvalue weighted by Gasteiger charge is 1.99. The summed E-state index contributed by atoms with van der Waals surface area (Å²) < 4.78 is 0. The molecule has 0 unspecified atom stereocenters. The van der Waals surface area contributed by atoms with Gasteiger partial charge in [-0.25, -0.2) is 0 Å². The quantitative estimate of drug-likeness (QED) is 0.108. The van der Waals surface area contributed by atoms with Crippen LogP contribution in [0.2, 0.25) is 10.0 Å². The molecule has 2 aromatic rings. The Hall–Kier alpha value is -2.92. The van der Waals surface area contributed by atoms with Crippen molar-refractivity contribution in [1.29, 1.82) is 0 Å². The van der Waals surface area contributed by atoms with Gasteiger partial charge in [0, 0.05) is 34.5 Å². The summed E-state index contributed by atoms with van der Waals surface area (Å²) in [4.78, 5) is 16.5. The minimum Gasteiger partial charge on any atom is -1.00 e. The molecule has 0 atom stereocenters. The Kier molecular flexibility index (Phi) is 16.9. The molecule has 10 N–H and O–H groups in total. The van der Waals surface area contributed by atoms with Crippen molar-refractivity contribution in [2.75, 3.05) is 23.7 Å². The molecule has 0 bridgehead atoms. The predicted molar refractivity (Wildman–Crippen MR) is 145 cm³/mol. The number of nitrogens with two attached hydrogens (primary N) is 4. The molecule has 0 radical (unpaired) electrons. The number of hydrogen-bond acceptors (Lipinski definition) is 2. The van der Waals surface area contributed by atoms with E-state index >= 15 is 0 Å². The lowest BCUT2D eigenvalue weighted by Crippen LogP contribution is -3.00. The minimum absolute atomic E-state index is 0. The summed E-state index contributed by atoms with van der Waals surface area (Å²) in [5.41, 5.74) is 24.8. The summed E-state index contributed by atoms with van der Waals surface area (Å²) in [5, 5.41) is 7.11. The molecule has 198 valence electrons. The SMILES string of the molecule is NC(=NCCCCCCN=C(N)/N=C(\N)Nc1ccc(Cl)cc1)/N=C(\N)Nc1ccc(Cl)cc1.[Cl-].[Cl-]. The van der Waals surface area contributed by atoms with Crippen LogP contribution in [0.4, 0.5) is 11.4 Å². The van der Waals surface area contributed by atoms with Gasteiger partial charge in [0.25, 0.3) is 0 Å². The Morgan fingerprint density at radius 2 is 0.917 bits per heavy atom. The molecular weight excluding hydrogens is 546 g/mol. The van der Waals surface area contributed by atoms with Crippen molar-refractivity contribution in [3.05, 3.63) is 58.6 Å². The molecule has 0 amide bonds. The van der Waals surface area contributed by atoms with E-state index in [0.29, 0.717) is 23.1 Å². The fraction of sp³-hybridized carbons (Fsp3) is 0.273. The third-order valence-corrected chi connectivity index (χ3v) is 4.82. The lowest BCUT2D eigenvalue weighted by Gasteiger charge is -2.05. The lowest BCUT2D eigenvalue weighted by atomic mass is 10.2. The normalized spacial score (nSPS) is 12.4. The van der Waals surface area contributed by atoms with E-state index in [1.165, 1.54) is 0 Å². The maximum absolute atomic E-state index is 5.85. The second-order valence-electron chi connectivity index (χ2n) is 7.15. The van der Waals surface area contributed by atoms with E-state index in [0.717, 1.165) is 37.1 Å². The van der Waals surface area contributed by atoms with E-state index < -0.39 is 0 Å². The van der Waals surface area contributed by atoms with Crippen LogP contribution >= 0.6 is 23.2 Å². The maximum atomic E-state index is 5.85. The van der Waals surface area contributed by atoms with Crippen LogP contribution in [0.1, 0.15) is 25.7 Å². The van der Waals surface area contributed by atoms with Gasteiger partial charge in [0.2, 0.25) is 23.8 Å². The van der Waals surface area contributed by atoms with Crippen molar-refractivity contribution >= 4 is 58.4 Å². The van der Waals surface area contributed by atoms with Gasteiger partial charge in [0.15, 0.2) is 0 Å². The van der Waals surface area contributed by atoms with Gasteiger partial charge < -0.3 is 58.4 Å². The largest absolute Gasteiger partial charge is 1.00 e.